The van der Waals surface area contributed by atoms with E-state index in [1.54, 1.807) is 6.07 Å². The Morgan fingerprint density at radius 2 is 1.72 bits per heavy atom. The average molecular weight is 350 g/mol. The van der Waals surface area contributed by atoms with Crippen LogP contribution in [0.25, 0.3) is 0 Å². The number of carbonyl (C=O) groups excluding carboxylic acids is 2. The van der Waals surface area contributed by atoms with Crippen molar-refractivity contribution in [1.82, 2.24) is 20.4 Å². The molecule has 0 unspecified atom stereocenters. The first-order valence-electron chi connectivity index (χ1n) is 8.72. The third-order valence-corrected chi connectivity index (χ3v) is 4.16. The molecule has 1 aromatic carbocycles. The standard InChI is InChI=1S/C18H27FN4O2/c1-14(2)21-18(25)17(24)20-7-8-22-9-11-23(12-10-22)13-15-5-3-4-6-16(15)19/h3-6,14H,7-13H2,1-2H3,(H,20,24)(H,21,25). The van der Waals surface area contributed by atoms with Gasteiger partial charge in [0, 0.05) is 57.4 Å². The maximum absolute atomic E-state index is 13.7. The smallest absolute Gasteiger partial charge is 0.309 e. The summed E-state index contributed by atoms with van der Waals surface area (Å²) in [6.07, 6.45) is 0. The van der Waals surface area contributed by atoms with Crippen molar-refractivity contribution in [2.45, 2.75) is 26.4 Å². The summed E-state index contributed by atoms with van der Waals surface area (Å²) in [6.45, 7) is 8.83. The summed E-state index contributed by atoms with van der Waals surface area (Å²) >= 11 is 0. The van der Waals surface area contributed by atoms with Crippen LogP contribution in [0.5, 0.6) is 0 Å². The topological polar surface area (TPSA) is 64.7 Å². The van der Waals surface area contributed by atoms with E-state index in [1.807, 2.05) is 26.0 Å². The van der Waals surface area contributed by atoms with Crippen LogP contribution in [0.3, 0.4) is 0 Å². The van der Waals surface area contributed by atoms with Crippen LogP contribution in [0, 0.1) is 5.82 Å². The molecule has 0 saturated carbocycles. The number of benzene rings is 1. The highest BCUT2D eigenvalue weighted by atomic mass is 19.1. The zero-order valence-electron chi connectivity index (χ0n) is 14.9. The lowest BCUT2D eigenvalue weighted by Crippen LogP contribution is -2.49. The molecule has 1 aliphatic heterocycles. The van der Waals surface area contributed by atoms with Crippen LogP contribution in [-0.4, -0.2) is 66.9 Å². The van der Waals surface area contributed by atoms with E-state index in [9.17, 15) is 14.0 Å². The molecule has 1 heterocycles. The van der Waals surface area contributed by atoms with E-state index in [2.05, 4.69) is 20.4 Å². The number of hydrogen-bond donors (Lipinski definition) is 2. The maximum Gasteiger partial charge on any atom is 0.309 e. The second-order valence-electron chi connectivity index (χ2n) is 6.59. The minimum Gasteiger partial charge on any atom is -0.347 e. The van der Waals surface area contributed by atoms with Crippen LogP contribution in [0.1, 0.15) is 19.4 Å². The first-order valence-corrected chi connectivity index (χ1v) is 8.72. The van der Waals surface area contributed by atoms with Crippen LogP contribution in [-0.2, 0) is 16.1 Å². The minimum absolute atomic E-state index is 0.0548. The molecule has 25 heavy (non-hydrogen) atoms. The lowest BCUT2D eigenvalue weighted by Gasteiger charge is -2.34. The Morgan fingerprint density at radius 1 is 1.08 bits per heavy atom. The fourth-order valence-electron chi connectivity index (χ4n) is 2.77. The molecule has 6 nitrogen and oxygen atoms in total. The Labute approximate surface area is 148 Å². The Morgan fingerprint density at radius 3 is 2.36 bits per heavy atom. The molecule has 2 amide bonds. The molecule has 0 radical (unpaired) electrons. The highest BCUT2D eigenvalue weighted by molar-refractivity contribution is 6.35. The van der Waals surface area contributed by atoms with Crippen molar-refractivity contribution in [1.29, 1.82) is 0 Å². The number of nitrogens with zero attached hydrogens (tertiary/aromatic N) is 2. The van der Waals surface area contributed by atoms with E-state index in [0.29, 0.717) is 19.6 Å². The van der Waals surface area contributed by atoms with Gasteiger partial charge in [-0.25, -0.2) is 4.39 Å². The second kappa shape index (κ2) is 9.48. The van der Waals surface area contributed by atoms with Gasteiger partial charge in [0.2, 0.25) is 0 Å². The predicted molar refractivity (Wildman–Crippen MR) is 94.4 cm³/mol. The summed E-state index contributed by atoms with van der Waals surface area (Å²) in [5, 5.41) is 5.20. The molecule has 1 saturated heterocycles. The molecule has 1 aliphatic rings. The fraction of sp³-hybridized carbons (Fsp3) is 0.556. The average Bonchev–Trinajstić information content (AvgIpc) is 2.57. The number of amides is 2. The third-order valence-electron chi connectivity index (χ3n) is 4.16. The quantitative estimate of drug-likeness (QED) is 0.737. The SMILES string of the molecule is CC(C)NC(=O)C(=O)NCCN1CCN(Cc2ccccc2F)CC1. The number of hydrogen-bond acceptors (Lipinski definition) is 4. The molecule has 7 heteroatoms. The monoisotopic (exact) mass is 350 g/mol. The maximum atomic E-state index is 13.7. The van der Waals surface area contributed by atoms with Crippen molar-refractivity contribution in [2.24, 2.45) is 0 Å². The van der Waals surface area contributed by atoms with Crippen molar-refractivity contribution >= 4 is 11.8 Å². The Bertz CT molecular complexity index is 586. The molecule has 1 fully saturated rings. The summed E-state index contributed by atoms with van der Waals surface area (Å²) in [7, 11) is 0. The number of nitrogens with one attached hydrogen (secondary N) is 2. The summed E-state index contributed by atoms with van der Waals surface area (Å²) in [5.74, 6) is -1.34. The van der Waals surface area contributed by atoms with Gasteiger partial charge >= 0.3 is 11.8 Å². The summed E-state index contributed by atoms with van der Waals surface area (Å²) < 4.78 is 13.7. The van der Waals surface area contributed by atoms with E-state index in [0.717, 1.165) is 31.7 Å². The summed E-state index contributed by atoms with van der Waals surface area (Å²) in [6, 6.07) is 6.81. The van der Waals surface area contributed by atoms with Crippen LogP contribution >= 0.6 is 0 Å². The van der Waals surface area contributed by atoms with E-state index >= 15 is 0 Å². The molecule has 2 rings (SSSR count). The van der Waals surface area contributed by atoms with Crippen molar-refractivity contribution in [3.8, 4) is 0 Å². The molecule has 0 spiro atoms. The van der Waals surface area contributed by atoms with Crippen LogP contribution in [0.15, 0.2) is 24.3 Å². The van der Waals surface area contributed by atoms with Crippen molar-refractivity contribution < 1.29 is 14.0 Å². The molecule has 1 aromatic rings. The molecular weight excluding hydrogens is 323 g/mol. The first-order chi connectivity index (χ1) is 12.0. The predicted octanol–water partition coefficient (Wildman–Crippen LogP) is 0.584. The molecule has 0 atom stereocenters. The van der Waals surface area contributed by atoms with E-state index < -0.39 is 11.8 Å². The van der Waals surface area contributed by atoms with E-state index in [4.69, 9.17) is 0 Å². The molecule has 2 N–H and O–H groups in total. The summed E-state index contributed by atoms with van der Waals surface area (Å²) in [4.78, 5) is 27.6. The van der Waals surface area contributed by atoms with Gasteiger partial charge in [0.05, 0.1) is 0 Å². The van der Waals surface area contributed by atoms with Crippen LogP contribution in [0.4, 0.5) is 4.39 Å². The minimum atomic E-state index is -0.593. The van der Waals surface area contributed by atoms with Gasteiger partial charge in [-0.3, -0.25) is 19.4 Å². The van der Waals surface area contributed by atoms with Crippen molar-refractivity contribution in [3.63, 3.8) is 0 Å². The Balaban J connectivity index is 1.65. The Hall–Kier alpha value is -1.99. The van der Waals surface area contributed by atoms with E-state index in [1.165, 1.54) is 6.07 Å². The van der Waals surface area contributed by atoms with Gasteiger partial charge in [-0.2, -0.15) is 0 Å². The highest BCUT2D eigenvalue weighted by Crippen LogP contribution is 2.11. The summed E-state index contributed by atoms with van der Waals surface area (Å²) in [5.41, 5.74) is 0.722. The van der Waals surface area contributed by atoms with Crippen LogP contribution in [0.2, 0.25) is 0 Å². The first kappa shape index (κ1) is 19.3. The molecular formula is C18H27FN4O2. The zero-order valence-corrected chi connectivity index (χ0v) is 14.9. The van der Waals surface area contributed by atoms with Gasteiger partial charge in [0.25, 0.3) is 0 Å². The molecule has 0 aromatic heterocycles. The molecule has 0 bridgehead atoms. The van der Waals surface area contributed by atoms with Crippen LogP contribution < -0.4 is 10.6 Å². The van der Waals surface area contributed by atoms with Gasteiger partial charge in [0.15, 0.2) is 0 Å². The van der Waals surface area contributed by atoms with Gasteiger partial charge in [-0.1, -0.05) is 18.2 Å². The van der Waals surface area contributed by atoms with E-state index in [-0.39, 0.29) is 11.9 Å². The zero-order chi connectivity index (χ0) is 18.2. The van der Waals surface area contributed by atoms with Crippen molar-refractivity contribution in [2.75, 3.05) is 39.3 Å². The lowest BCUT2D eigenvalue weighted by molar-refractivity contribution is -0.139. The Kier molecular flexibility index (Phi) is 7.33. The molecule has 138 valence electrons. The van der Waals surface area contributed by atoms with Gasteiger partial charge in [0.1, 0.15) is 5.82 Å². The number of piperazine rings is 1. The third kappa shape index (κ3) is 6.43. The lowest BCUT2D eigenvalue weighted by atomic mass is 10.2. The number of halogens is 1. The van der Waals surface area contributed by atoms with Gasteiger partial charge in [-0.15, -0.1) is 0 Å². The number of rotatable bonds is 6. The highest BCUT2D eigenvalue weighted by Gasteiger charge is 2.19. The molecule has 0 aliphatic carbocycles. The number of carbonyl (C=O) groups is 2. The normalized spacial score (nSPS) is 16.0. The fourth-order valence-corrected chi connectivity index (χ4v) is 2.77. The second-order valence-corrected chi connectivity index (χ2v) is 6.59. The van der Waals surface area contributed by atoms with Gasteiger partial charge in [-0.05, 0) is 19.9 Å². The largest absolute Gasteiger partial charge is 0.347 e. The van der Waals surface area contributed by atoms with Crippen molar-refractivity contribution in [3.05, 3.63) is 35.6 Å². The van der Waals surface area contributed by atoms with Gasteiger partial charge < -0.3 is 10.6 Å².